The molecule has 0 spiro atoms. The molecule has 0 aliphatic carbocycles. The number of hydrogen-bond acceptors (Lipinski definition) is 4. The number of hydrogen-bond donors (Lipinski definition) is 2. The number of H-pyrrole nitrogens is 1. The molecule has 2 aromatic carbocycles. The molecule has 24 heavy (non-hydrogen) atoms. The van der Waals surface area contributed by atoms with Crippen LogP contribution in [0.15, 0.2) is 30.5 Å². The van der Waals surface area contributed by atoms with Gasteiger partial charge in [-0.2, -0.15) is 9.49 Å². The van der Waals surface area contributed by atoms with Gasteiger partial charge in [-0.25, -0.2) is 0 Å². The zero-order valence-corrected chi connectivity index (χ0v) is 13.0. The highest BCUT2D eigenvalue weighted by atomic mass is 35.5. The highest BCUT2D eigenvalue weighted by molar-refractivity contribution is 6.34. The second-order valence-electron chi connectivity index (χ2n) is 5.12. The maximum Gasteiger partial charge on any atom is 0.305 e. The number of aryl methyl sites for hydroxylation is 1. The Morgan fingerprint density at radius 3 is 2.83 bits per heavy atom. The van der Waals surface area contributed by atoms with Crippen molar-refractivity contribution >= 4 is 39.8 Å². The summed E-state index contributed by atoms with van der Waals surface area (Å²) in [5, 5.41) is 20.8. The number of benzene rings is 2. The van der Waals surface area contributed by atoms with E-state index in [0.29, 0.717) is 11.2 Å². The van der Waals surface area contributed by atoms with Crippen molar-refractivity contribution < 1.29 is 14.1 Å². The molecule has 0 saturated heterocycles. The lowest BCUT2D eigenvalue weighted by atomic mass is 10.1. The number of carbonyl (C=O) groups excluding carboxylic acids is 1. The Balaban J connectivity index is 1.98. The van der Waals surface area contributed by atoms with E-state index in [4.69, 9.17) is 11.6 Å². The summed E-state index contributed by atoms with van der Waals surface area (Å²) in [5.41, 5.74) is 0.969. The number of anilines is 1. The summed E-state index contributed by atoms with van der Waals surface area (Å²) in [6.07, 6.45) is 1.65. The zero-order chi connectivity index (χ0) is 17.4. The first-order chi connectivity index (χ1) is 11.4. The third kappa shape index (κ3) is 2.79. The molecule has 0 atom stereocenters. The fraction of sp³-hybridized carbons (Fsp3) is 0.0667. The van der Waals surface area contributed by atoms with Crippen LogP contribution in [0.3, 0.4) is 0 Å². The molecule has 3 aromatic rings. The van der Waals surface area contributed by atoms with Gasteiger partial charge >= 0.3 is 5.69 Å². The van der Waals surface area contributed by atoms with Gasteiger partial charge in [-0.15, -0.1) is 0 Å². The summed E-state index contributed by atoms with van der Waals surface area (Å²) in [5.74, 6) is -1.78. The number of rotatable bonds is 3. The van der Waals surface area contributed by atoms with Crippen molar-refractivity contribution in [1.82, 2.24) is 10.2 Å². The van der Waals surface area contributed by atoms with E-state index in [9.17, 15) is 19.3 Å². The highest BCUT2D eigenvalue weighted by Crippen LogP contribution is 2.28. The average molecular weight is 349 g/mol. The van der Waals surface area contributed by atoms with Crippen LogP contribution in [0.4, 0.5) is 15.8 Å². The number of amides is 1. The molecule has 1 heterocycles. The topological polar surface area (TPSA) is 101 Å². The van der Waals surface area contributed by atoms with Crippen LogP contribution in [0.2, 0.25) is 5.02 Å². The van der Waals surface area contributed by atoms with Crippen LogP contribution in [-0.4, -0.2) is 21.0 Å². The summed E-state index contributed by atoms with van der Waals surface area (Å²) in [7, 11) is 0. The predicted octanol–water partition coefficient (Wildman–Crippen LogP) is 3.82. The van der Waals surface area contributed by atoms with Crippen LogP contribution < -0.4 is 5.32 Å². The second-order valence-corrected chi connectivity index (χ2v) is 5.53. The number of nitro groups is 1. The fourth-order valence-electron chi connectivity index (χ4n) is 2.28. The van der Waals surface area contributed by atoms with Gasteiger partial charge in [-0.3, -0.25) is 20.0 Å². The number of nitro benzene ring substituents is 1. The van der Waals surface area contributed by atoms with E-state index in [1.54, 1.807) is 19.2 Å². The number of nitrogens with one attached hydrogen (secondary N) is 2. The van der Waals surface area contributed by atoms with Gasteiger partial charge in [0.15, 0.2) is 0 Å². The van der Waals surface area contributed by atoms with Crippen molar-refractivity contribution in [1.29, 1.82) is 0 Å². The molecule has 1 aromatic heterocycles. The summed E-state index contributed by atoms with van der Waals surface area (Å²) in [6.45, 7) is 1.79. The molecule has 7 nitrogen and oxygen atoms in total. The standard InChI is InChI=1S/C15H10ClFN4O3/c1-7-2-8-6-18-20-13(8)5-12(7)19-15(22)9-3-14(21(23)24)11(17)4-10(9)16/h2-6H,1H3,(H,18,20)(H,19,22). The molecule has 3 rings (SSSR count). The van der Waals surface area contributed by atoms with Crippen molar-refractivity contribution in [3.63, 3.8) is 0 Å². The minimum Gasteiger partial charge on any atom is -0.322 e. The van der Waals surface area contributed by atoms with Crippen LogP contribution in [0.5, 0.6) is 0 Å². The van der Waals surface area contributed by atoms with Gasteiger partial charge in [0.1, 0.15) is 0 Å². The lowest BCUT2D eigenvalue weighted by Crippen LogP contribution is -2.14. The molecular formula is C15H10ClFN4O3. The van der Waals surface area contributed by atoms with E-state index in [1.807, 2.05) is 6.07 Å². The first-order valence-corrected chi connectivity index (χ1v) is 7.13. The Labute approximate surface area is 139 Å². The van der Waals surface area contributed by atoms with Crippen LogP contribution in [-0.2, 0) is 0 Å². The monoisotopic (exact) mass is 348 g/mol. The molecule has 2 N–H and O–H groups in total. The predicted molar refractivity (Wildman–Crippen MR) is 86.8 cm³/mol. The Bertz CT molecular complexity index is 986. The van der Waals surface area contributed by atoms with E-state index in [-0.39, 0.29) is 10.6 Å². The number of nitrogens with zero attached hydrogens (tertiary/aromatic N) is 2. The van der Waals surface area contributed by atoms with Crippen LogP contribution in [0, 0.1) is 22.9 Å². The molecule has 9 heteroatoms. The normalized spacial score (nSPS) is 10.8. The molecule has 0 aliphatic heterocycles. The minimum absolute atomic E-state index is 0.186. The molecule has 0 unspecified atom stereocenters. The van der Waals surface area contributed by atoms with Gasteiger partial charge in [-0.1, -0.05) is 11.6 Å². The smallest absolute Gasteiger partial charge is 0.305 e. The van der Waals surface area contributed by atoms with Crippen molar-refractivity contribution in [2.24, 2.45) is 0 Å². The number of carbonyl (C=O) groups is 1. The van der Waals surface area contributed by atoms with Gasteiger partial charge in [0.2, 0.25) is 5.82 Å². The van der Waals surface area contributed by atoms with Gasteiger partial charge in [0.05, 0.1) is 27.2 Å². The van der Waals surface area contributed by atoms with E-state index in [1.165, 1.54) is 0 Å². The van der Waals surface area contributed by atoms with Crippen molar-refractivity contribution in [2.45, 2.75) is 6.92 Å². The Morgan fingerprint density at radius 1 is 1.38 bits per heavy atom. The number of aromatic nitrogens is 2. The highest BCUT2D eigenvalue weighted by Gasteiger charge is 2.21. The molecule has 0 fully saturated rings. The van der Waals surface area contributed by atoms with E-state index in [0.717, 1.165) is 23.1 Å². The first-order valence-electron chi connectivity index (χ1n) is 6.75. The fourth-order valence-corrected chi connectivity index (χ4v) is 2.52. The van der Waals surface area contributed by atoms with E-state index < -0.39 is 22.3 Å². The molecule has 122 valence electrons. The first kappa shape index (κ1) is 15.9. The molecule has 1 amide bonds. The summed E-state index contributed by atoms with van der Waals surface area (Å²) in [6, 6.07) is 5.07. The van der Waals surface area contributed by atoms with Crippen molar-refractivity contribution in [3.05, 3.63) is 62.5 Å². The largest absolute Gasteiger partial charge is 0.322 e. The maximum atomic E-state index is 13.5. The van der Waals surface area contributed by atoms with Crippen molar-refractivity contribution in [2.75, 3.05) is 5.32 Å². The van der Waals surface area contributed by atoms with Crippen LogP contribution in [0.1, 0.15) is 15.9 Å². The summed E-state index contributed by atoms with van der Waals surface area (Å²) in [4.78, 5) is 22.3. The molecule has 0 saturated carbocycles. The van der Waals surface area contributed by atoms with Crippen LogP contribution in [0.25, 0.3) is 10.9 Å². The molecular weight excluding hydrogens is 339 g/mol. The Morgan fingerprint density at radius 2 is 2.12 bits per heavy atom. The Kier molecular flexibility index (Phi) is 3.90. The average Bonchev–Trinajstić information content (AvgIpc) is 2.94. The number of halogens is 2. The lowest BCUT2D eigenvalue weighted by Gasteiger charge is -2.10. The SMILES string of the molecule is Cc1cc2cn[nH]c2cc1NC(=O)c1cc([N+](=O)[O-])c(F)cc1Cl. The third-order valence-electron chi connectivity index (χ3n) is 3.51. The number of aromatic amines is 1. The van der Waals surface area contributed by atoms with Gasteiger partial charge < -0.3 is 5.32 Å². The zero-order valence-electron chi connectivity index (χ0n) is 12.3. The quantitative estimate of drug-likeness (QED) is 0.555. The number of fused-ring (bicyclic) bond motifs is 1. The summed E-state index contributed by atoms with van der Waals surface area (Å²) >= 11 is 5.85. The third-order valence-corrected chi connectivity index (χ3v) is 3.82. The van der Waals surface area contributed by atoms with E-state index >= 15 is 0 Å². The minimum atomic E-state index is -1.10. The van der Waals surface area contributed by atoms with Gasteiger partial charge in [0.25, 0.3) is 5.91 Å². The molecule has 0 aliphatic rings. The van der Waals surface area contributed by atoms with Gasteiger partial charge in [-0.05, 0) is 24.6 Å². The van der Waals surface area contributed by atoms with Gasteiger partial charge in [0, 0.05) is 23.2 Å². The Hall–Kier alpha value is -3.00. The molecule has 0 bridgehead atoms. The van der Waals surface area contributed by atoms with E-state index in [2.05, 4.69) is 15.5 Å². The maximum absolute atomic E-state index is 13.5. The summed E-state index contributed by atoms with van der Waals surface area (Å²) < 4.78 is 13.5. The molecule has 0 radical (unpaired) electrons. The van der Waals surface area contributed by atoms with Crippen LogP contribution >= 0.6 is 11.6 Å². The lowest BCUT2D eigenvalue weighted by molar-refractivity contribution is -0.387. The van der Waals surface area contributed by atoms with Crippen molar-refractivity contribution in [3.8, 4) is 0 Å². The second kappa shape index (κ2) is 5.89.